The minimum atomic E-state index is -0.254. The van der Waals surface area contributed by atoms with E-state index in [2.05, 4.69) is 26.8 Å². The average molecular weight is 372 g/mol. The number of piperidine rings is 1. The molecule has 0 aliphatic carbocycles. The van der Waals surface area contributed by atoms with Crippen molar-refractivity contribution in [3.05, 3.63) is 36.4 Å². The number of nitrogens with zero attached hydrogens (tertiary/aromatic N) is 6. The van der Waals surface area contributed by atoms with Crippen LogP contribution in [0.15, 0.2) is 30.6 Å². The van der Waals surface area contributed by atoms with Crippen molar-refractivity contribution < 1.29 is 9.13 Å². The quantitative estimate of drug-likeness (QED) is 0.813. The summed E-state index contributed by atoms with van der Waals surface area (Å²) in [6.07, 6.45) is 5.33. The standard InChI is InChI=1S/C19H25FN6O/c1-24(17-4-8-22-19(23-17)26-11-13-27-14-12-26)15-5-9-25(10-6-15)18-16(20)3-2-7-21-18/h2-4,7-8,15H,5-6,9-14H2,1H3. The Morgan fingerprint density at radius 2 is 1.81 bits per heavy atom. The smallest absolute Gasteiger partial charge is 0.227 e. The molecular formula is C19H25FN6O. The lowest BCUT2D eigenvalue weighted by Gasteiger charge is -2.38. The summed E-state index contributed by atoms with van der Waals surface area (Å²) in [4.78, 5) is 19.8. The number of ether oxygens (including phenoxy) is 1. The van der Waals surface area contributed by atoms with Crippen LogP contribution in [0.3, 0.4) is 0 Å². The molecule has 0 radical (unpaired) electrons. The number of rotatable bonds is 4. The van der Waals surface area contributed by atoms with Crippen molar-refractivity contribution in [3.63, 3.8) is 0 Å². The van der Waals surface area contributed by atoms with Gasteiger partial charge >= 0.3 is 0 Å². The fraction of sp³-hybridized carbons (Fsp3) is 0.526. The zero-order valence-electron chi connectivity index (χ0n) is 15.6. The van der Waals surface area contributed by atoms with Crippen molar-refractivity contribution in [1.82, 2.24) is 15.0 Å². The fourth-order valence-corrected chi connectivity index (χ4v) is 3.71. The van der Waals surface area contributed by atoms with E-state index in [4.69, 9.17) is 9.72 Å². The molecule has 7 nitrogen and oxygen atoms in total. The van der Waals surface area contributed by atoms with Crippen molar-refractivity contribution in [2.45, 2.75) is 18.9 Å². The summed E-state index contributed by atoms with van der Waals surface area (Å²) in [7, 11) is 2.08. The largest absolute Gasteiger partial charge is 0.378 e. The predicted molar refractivity (Wildman–Crippen MR) is 103 cm³/mol. The third-order valence-electron chi connectivity index (χ3n) is 5.33. The van der Waals surface area contributed by atoms with Crippen molar-refractivity contribution in [3.8, 4) is 0 Å². The summed E-state index contributed by atoms with van der Waals surface area (Å²) in [6, 6.07) is 5.41. The van der Waals surface area contributed by atoms with Gasteiger partial charge in [0.15, 0.2) is 11.6 Å². The highest BCUT2D eigenvalue weighted by Crippen LogP contribution is 2.25. The molecule has 2 aromatic rings. The van der Waals surface area contributed by atoms with E-state index in [1.54, 1.807) is 12.3 Å². The Morgan fingerprint density at radius 3 is 2.56 bits per heavy atom. The molecule has 27 heavy (non-hydrogen) atoms. The maximum absolute atomic E-state index is 14.0. The summed E-state index contributed by atoms with van der Waals surface area (Å²) in [5, 5.41) is 0. The van der Waals surface area contributed by atoms with Gasteiger partial charge in [0.05, 0.1) is 13.2 Å². The van der Waals surface area contributed by atoms with E-state index in [1.165, 1.54) is 6.07 Å². The van der Waals surface area contributed by atoms with Crippen LogP contribution in [-0.4, -0.2) is 67.4 Å². The van der Waals surface area contributed by atoms with Gasteiger partial charge in [0.25, 0.3) is 0 Å². The van der Waals surface area contributed by atoms with Crippen LogP contribution in [0.25, 0.3) is 0 Å². The van der Waals surface area contributed by atoms with Crippen LogP contribution < -0.4 is 14.7 Å². The van der Waals surface area contributed by atoms with Gasteiger partial charge < -0.3 is 19.4 Å². The van der Waals surface area contributed by atoms with E-state index in [-0.39, 0.29) is 5.82 Å². The maximum atomic E-state index is 14.0. The summed E-state index contributed by atoms with van der Waals surface area (Å²) >= 11 is 0. The average Bonchev–Trinajstić information content (AvgIpc) is 2.74. The monoisotopic (exact) mass is 372 g/mol. The first-order chi connectivity index (χ1) is 13.2. The molecule has 144 valence electrons. The minimum Gasteiger partial charge on any atom is -0.378 e. The van der Waals surface area contributed by atoms with Gasteiger partial charge in [-0.2, -0.15) is 4.98 Å². The molecule has 2 fully saturated rings. The van der Waals surface area contributed by atoms with E-state index in [0.717, 1.165) is 50.8 Å². The lowest BCUT2D eigenvalue weighted by molar-refractivity contribution is 0.122. The molecule has 0 atom stereocenters. The SMILES string of the molecule is CN(c1ccnc(N2CCOCC2)n1)C1CCN(c2ncccc2F)CC1. The second-order valence-corrected chi connectivity index (χ2v) is 6.95. The zero-order chi connectivity index (χ0) is 18.6. The van der Waals surface area contributed by atoms with Crippen LogP contribution in [0, 0.1) is 5.82 Å². The first kappa shape index (κ1) is 17.9. The number of aromatic nitrogens is 3. The fourth-order valence-electron chi connectivity index (χ4n) is 3.71. The summed E-state index contributed by atoms with van der Waals surface area (Å²) in [6.45, 7) is 4.63. The Balaban J connectivity index is 1.40. The van der Waals surface area contributed by atoms with Crippen LogP contribution in [0.5, 0.6) is 0 Å². The molecule has 0 unspecified atom stereocenters. The first-order valence-corrected chi connectivity index (χ1v) is 9.46. The molecule has 0 amide bonds. The number of halogens is 1. The molecule has 0 saturated carbocycles. The first-order valence-electron chi connectivity index (χ1n) is 9.46. The van der Waals surface area contributed by atoms with Gasteiger partial charge in [0.1, 0.15) is 5.82 Å². The number of morpholine rings is 1. The highest BCUT2D eigenvalue weighted by Gasteiger charge is 2.26. The Morgan fingerprint density at radius 1 is 1.04 bits per heavy atom. The van der Waals surface area contributed by atoms with Gasteiger partial charge in [0, 0.05) is 51.7 Å². The molecule has 2 aromatic heterocycles. The van der Waals surface area contributed by atoms with Crippen molar-refractivity contribution in [2.24, 2.45) is 0 Å². The predicted octanol–water partition coefficient (Wildman–Crippen LogP) is 1.95. The Hall–Kier alpha value is -2.48. The molecular weight excluding hydrogens is 347 g/mol. The van der Waals surface area contributed by atoms with E-state index in [1.807, 2.05) is 17.2 Å². The topological polar surface area (TPSA) is 57.6 Å². The molecule has 0 bridgehead atoms. The Kier molecular flexibility index (Phi) is 5.33. The van der Waals surface area contributed by atoms with Crippen molar-refractivity contribution in [1.29, 1.82) is 0 Å². The molecule has 0 aromatic carbocycles. The highest BCUT2D eigenvalue weighted by molar-refractivity contribution is 5.45. The zero-order valence-corrected chi connectivity index (χ0v) is 15.6. The van der Waals surface area contributed by atoms with Crippen LogP contribution >= 0.6 is 0 Å². The lowest BCUT2D eigenvalue weighted by atomic mass is 10.0. The second kappa shape index (κ2) is 8.04. The molecule has 2 aliphatic heterocycles. The minimum absolute atomic E-state index is 0.254. The Labute approximate surface area is 158 Å². The maximum Gasteiger partial charge on any atom is 0.227 e. The molecule has 2 saturated heterocycles. The van der Waals surface area contributed by atoms with Gasteiger partial charge in [-0.3, -0.25) is 0 Å². The van der Waals surface area contributed by atoms with Crippen LogP contribution in [0.1, 0.15) is 12.8 Å². The highest BCUT2D eigenvalue weighted by atomic mass is 19.1. The van der Waals surface area contributed by atoms with Gasteiger partial charge in [-0.15, -0.1) is 0 Å². The molecule has 4 heterocycles. The third kappa shape index (κ3) is 3.95. The van der Waals surface area contributed by atoms with E-state index in [9.17, 15) is 4.39 Å². The number of hydrogen-bond donors (Lipinski definition) is 0. The molecule has 8 heteroatoms. The summed E-state index contributed by atoms with van der Waals surface area (Å²) in [5.74, 6) is 1.88. The summed E-state index contributed by atoms with van der Waals surface area (Å²) in [5.41, 5.74) is 0. The van der Waals surface area contributed by atoms with Crippen molar-refractivity contribution >= 4 is 17.6 Å². The summed E-state index contributed by atoms with van der Waals surface area (Å²) < 4.78 is 19.4. The molecule has 4 rings (SSSR count). The third-order valence-corrected chi connectivity index (χ3v) is 5.33. The lowest BCUT2D eigenvalue weighted by Crippen LogP contribution is -2.44. The number of pyridine rings is 1. The van der Waals surface area contributed by atoms with E-state index >= 15 is 0 Å². The normalized spacial score (nSPS) is 18.6. The van der Waals surface area contributed by atoms with Gasteiger partial charge in [0.2, 0.25) is 5.95 Å². The van der Waals surface area contributed by atoms with Crippen LogP contribution in [-0.2, 0) is 4.74 Å². The number of anilines is 3. The van der Waals surface area contributed by atoms with Gasteiger partial charge in [-0.05, 0) is 31.0 Å². The van der Waals surface area contributed by atoms with E-state index < -0.39 is 0 Å². The number of hydrogen-bond acceptors (Lipinski definition) is 7. The molecule has 2 aliphatic rings. The van der Waals surface area contributed by atoms with Gasteiger partial charge in [-0.1, -0.05) is 0 Å². The second-order valence-electron chi connectivity index (χ2n) is 6.95. The van der Waals surface area contributed by atoms with Gasteiger partial charge in [-0.25, -0.2) is 14.4 Å². The van der Waals surface area contributed by atoms with Crippen molar-refractivity contribution in [2.75, 3.05) is 61.1 Å². The van der Waals surface area contributed by atoms with E-state index in [0.29, 0.717) is 25.1 Å². The van der Waals surface area contributed by atoms with Crippen LogP contribution in [0.4, 0.5) is 22.0 Å². The van der Waals surface area contributed by atoms with Crippen LogP contribution in [0.2, 0.25) is 0 Å². The molecule has 0 N–H and O–H groups in total. The molecule has 0 spiro atoms. The Bertz CT molecular complexity index is 761.